The molecule has 0 spiro atoms. The topological polar surface area (TPSA) is 124 Å². The first-order chi connectivity index (χ1) is 21.5. The quantitative estimate of drug-likeness (QED) is 0.0883. The number of azide groups is 1. The molecule has 0 heterocycles. The summed E-state index contributed by atoms with van der Waals surface area (Å²) in [5, 5.41) is 6.94. The molecule has 9 nitrogen and oxygen atoms in total. The average Bonchev–Trinajstić information content (AvgIpc) is 3.08. The minimum atomic E-state index is -1.17. The molecule has 0 aromatic heterocycles. The molecule has 1 atom stereocenters. The second-order valence-electron chi connectivity index (χ2n) is 10.6. The van der Waals surface area contributed by atoms with Crippen molar-refractivity contribution >= 4 is 29.0 Å². The van der Waals surface area contributed by atoms with Gasteiger partial charge in [-0.2, -0.15) is 0 Å². The summed E-state index contributed by atoms with van der Waals surface area (Å²) < 4.78 is 5.36. The summed E-state index contributed by atoms with van der Waals surface area (Å²) in [7, 11) is 1.55. The fraction of sp³-hybridized carbons (Fsp3) is 0.229. The molecule has 2 amide bonds. The van der Waals surface area contributed by atoms with Gasteiger partial charge in [0.25, 0.3) is 5.91 Å². The predicted molar refractivity (Wildman–Crippen MR) is 169 cm³/mol. The zero-order chi connectivity index (χ0) is 30.9. The van der Waals surface area contributed by atoms with Crippen LogP contribution in [0.2, 0.25) is 0 Å². The number of methoxy groups -OCH3 is 1. The molecular formula is C35H33N5O4. The van der Waals surface area contributed by atoms with Gasteiger partial charge in [0.2, 0.25) is 5.91 Å². The molecule has 4 aromatic rings. The van der Waals surface area contributed by atoms with Gasteiger partial charge in [0.05, 0.1) is 18.5 Å². The van der Waals surface area contributed by atoms with Crippen LogP contribution < -0.4 is 15.0 Å². The number of para-hydroxylation sites is 1. The van der Waals surface area contributed by atoms with Gasteiger partial charge in [-0.3, -0.25) is 19.3 Å². The van der Waals surface area contributed by atoms with E-state index in [-0.39, 0.29) is 40.2 Å². The van der Waals surface area contributed by atoms with Gasteiger partial charge >= 0.3 is 0 Å². The van der Waals surface area contributed by atoms with Crippen molar-refractivity contribution in [2.75, 3.05) is 12.0 Å². The highest BCUT2D eigenvalue weighted by Crippen LogP contribution is 2.36. The molecule has 0 aliphatic heterocycles. The second kappa shape index (κ2) is 14.2. The number of ether oxygens (including phenoxy) is 1. The highest BCUT2D eigenvalue weighted by molar-refractivity contribution is 6.18. The smallest absolute Gasteiger partial charge is 0.259 e. The van der Waals surface area contributed by atoms with E-state index >= 15 is 0 Å². The summed E-state index contributed by atoms with van der Waals surface area (Å²) in [5.74, 6) is -0.686. The van der Waals surface area contributed by atoms with Crippen molar-refractivity contribution in [1.82, 2.24) is 5.32 Å². The number of hydrogen-bond acceptors (Lipinski definition) is 5. The third-order valence-corrected chi connectivity index (χ3v) is 7.84. The van der Waals surface area contributed by atoms with Crippen LogP contribution in [0.4, 0.5) is 11.4 Å². The SMILES string of the molecule is COc1ccc(C(C(=O)NC2CCCCC2)N(C(=O)c2ccccc2N=[N+]=[N-])c2ccccc2C(=O)c2ccccc2)cc1. The highest BCUT2D eigenvalue weighted by atomic mass is 16.5. The van der Waals surface area contributed by atoms with E-state index in [0.29, 0.717) is 16.9 Å². The highest BCUT2D eigenvalue weighted by Gasteiger charge is 2.37. The Morgan fingerprint density at radius 2 is 1.48 bits per heavy atom. The third kappa shape index (κ3) is 6.64. The van der Waals surface area contributed by atoms with Crippen LogP contribution in [0.5, 0.6) is 5.75 Å². The molecule has 1 aliphatic carbocycles. The number of carbonyl (C=O) groups excluding carboxylic acids is 3. The van der Waals surface area contributed by atoms with Gasteiger partial charge in [0.15, 0.2) is 5.78 Å². The zero-order valence-corrected chi connectivity index (χ0v) is 24.4. The predicted octanol–water partition coefficient (Wildman–Crippen LogP) is 7.71. The van der Waals surface area contributed by atoms with Crippen LogP contribution in [0.3, 0.4) is 0 Å². The minimum absolute atomic E-state index is 0.0365. The van der Waals surface area contributed by atoms with Crippen molar-refractivity contribution < 1.29 is 19.1 Å². The van der Waals surface area contributed by atoms with Crippen molar-refractivity contribution in [3.8, 4) is 5.75 Å². The molecule has 222 valence electrons. The number of nitrogens with one attached hydrogen (secondary N) is 1. The lowest BCUT2D eigenvalue weighted by atomic mass is 9.94. The van der Waals surface area contributed by atoms with E-state index in [1.54, 1.807) is 98.1 Å². The van der Waals surface area contributed by atoms with Gasteiger partial charge in [-0.25, -0.2) is 0 Å². The summed E-state index contributed by atoms with van der Waals surface area (Å²) in [6.45, 7) is 0. The van der Waals surface area contributed by atoms with Crippen LogP contribution in [-0.4, -0.2) is 30.7 Å². The van der Waals surface area contributed by atoms with Crippen LogP contribution in [-0.2, 0) is 4.79 Å². The van der Waals surface area contributed by atoms with Gasteiger partial charge in [-0.05, 0) is 54.3 Å². The minimum Gasteiger partial charge on any atom is -0.497 e. The number of carbonyl (C=O) groups is 3. The van der Waals surface area contributed by atoms with E-state index < -0.39 is 11.9 Å². The molecule has 0 radical (unpaired) electrons. The number of benzene rings is 4. The molecule has 1 fully saturated rings. The molecule has 1 saturated carbocycles. The van der Waals surface area contributed by atoms with Gasteiger partial charge < -0.3 is 10.1 Å². The van der Waals surface area contributed by atoms with Gasteiger partial charge in [0.1, 0.15) is 11.8 Å². The van der Waals surface area contributed by atoms with E-state index in [1.165, 1.54) is 11.0 Å². The number of anilines is 1. The standard InChI is InChI=1S/C35H33N5O4/c1-44-27-22-20-24(21-23-27)32(34(42)37-26-14-6-3-7-15-26)40(35(43)28-16-8-10-18-30(28)38-39-36)31-19-11-9-17-29(31)33(41)25-12-4-2-5-13-25/h2,4-5,8-13,16-23,26,32H,3,6-7,14-15H2,1H3,(H,37,42). The summed E-state index contributed by atoms with van der Waals surface area (Å²) in [6, 6.07) is 27.7. The van der Waals surface area contributed by atoms with Crippen molar-refractivity contribution in [3.63, 3.8) is 0 Å². The normalized spacial score (nSPS) is 13.7. The molecule has 1 aliphatic rings. The first-order valence-corrected chi connectivity index (χ1v) is 14.6. The molecule has 1 N–H and O–H groups in total. The lowest BCUT2D eigenvalue weighted by Gasteiger charge is -2.34. The molecule has 44 heavy (non-hydrogen) atoms. The largest absolute Gasteiger partial charge is 0.497 e. The Balaban J connectivity index is 1.72. The van der Waals surface area contributed by atoms with E-state index in [2.05, 4.69) is 15.3 Å². The summed E-state index contributed by atoms with van der Waals surface area (Å²) in [4.78, 5) is 47.3. The summed E-state index contributed by atoms with van der Waals surface area (Å²) >= 11 is 0. The number of hydrogen-bond donors (Lipinski definition) is 1. The van der Waals surface area contributed by atoms with Crippen LogP contribution >= 0.6 is 0 Å². The fourth-order valence-electron chi connectivity index (χ4n) is 5.64. The Morgan fingerprint density at radius 3 is 2.16 bits per heavy atom. The van der Waals surface area contributed by atoms with Crippen molar-refractivity contribution in [2.24, 2.45) is 5.11 Å². The van der Waals surface area contributed by atoms with Crippen LogP contribution in [0.15, 0.2) is 108 Å². The van der Waals surface area contributed by atoms with Gasteiger partial charge in [-0.1, -0.05) is 97.2 Å². The molecule has 4 aromatic carbocycles. The molecule has 9 heteroatoms. The van der Waals surface area contributed by atoms with E-state index in [1.807, 2.05) is 6.07 Å². The van der Waals surface area contributed by atoms with Crippen molar-refractivity contribution in [3.05, 3.63) is 136 Å². The van der Waals surface area contributed by atoms with E-state index in [9.17, 15) is 19.9 Å². The zero-order valence-electron chi connectivity index (χ0n) is 24.4. The Bertz CT molecular complexity index is 1680. The average molecular weight is 588 g/mol. The van der Waals surface area contributed by atoms with E-state index in [0.717, 1.165) is 32.1 Å². The fourth-order valence-corrected chi connectivity index (χ4v) is 5.64. The first-order valence-electron chi connectivity index (χ1n) is 14.6. The van der Waals surface area contributed by atoms with Gasteiger partial charge in [0, 0.05) is 27.6 Å². The maximum Gasteiger partial charge on any atom is 0.259 e. The second-order valence-corrected chi connectivity index (χ2v) is 10.6. The lowest BCUT2D eigenvalue weighted by molar-refractivity contribution is -0.123. The van der Waals surface area contributed by atoms with Crippen LogP contribution in [0.25, 0.3) is 10.4 Å². The Labute approximate surface area is 256 Å². The Morgan fingerprint density at radius 1 is 0.841 bits per heavy atom. The number of nitrogens with zero attached hydrogens (tertiary/aromatic N) is 4. The van der Waals surface area contributed by atoms with Gasteiger partial charge in [-0.15, -0.1) is 0 Å². The molecule has 0 saturated heterocycles. The Hall–Kier alpha value is -5.40. The van der Waals surface area contributed by atoms with Crippen molar-refractivity contribution in [2.45, 2.75) is 44.2 Å². The number of rotatable bonds is 10. The van der Waals surface area contributed by atoms with E-state index in [4.69, 9.17) is 4.74 Å². The maximum atomic E-state index is 14.7. The monoisotopic (exact) mass is 587 g/mol. The molecule has 5 rings (SSSR count). The van der Waals surface area contributed by atoms with Crippen LogP contribution in [0.1, 0.15) is 70.0 Å². The number of ketones is 1. The third-order valence-electron chi connectivity index (χ3n) is 7.84. The first kappa shape index (κ1) is 30.1. The van der Waals surface area contributed by atoms with Crippen LogP contribution in [0, 0.1) is 0 Å². The Kier molecular flexibility index (Phi) is 9.69. The number of amides is 2. The molecule has 0 bridgehead atoms. The summed E-state index contributed by atoms with van der Waals surface area (Å²) in [6.07, 6.45) is 4.82. The summed E-state index contributed by atoms with van der Waals surface area (Å²) in [5.41, 5.74) is 10.9. The van der Waals surface area contributed by atoms with Crippen molar-refractivity contribution in [1.29, 1.82) is 0 Å². The molecule has 1 unspecified atom stereocenters. The maximum absolute atomic E-state index is 14.7. The lowest BCUT2D eigenvalue weighted by Crippen LogP contribution is -2.47. The molecular weight excluding hydrogens is 554 g/mol.